The Morgan fingerprint density at radius 1 is 0.557 bits per heavy atom. The Bertz CT molecular complexity index is 2380. The first-order valence-electron chi connectivity index (χ1n) is 20.4. The third-order valence-electron chi connectivity index (χ3n) is 11.3. The van der Waals surface area contributed by atoms with Gasteiger partial charge in [0, 0.05) is 5.92 Å². The summed E-state index contributed by atoms with van der Waals surface area (Å²) in [6.07, 6.45) is -2.11. The molecule has 0 radical (unpaired) electrons. The molecule has 1 unspecified atom stereocenters. The quantitative estimate of drug-likeness (QED) is 0.0718. The summed E-state index contributed by atoms with van der Waals surface area (Å²) in [5.41, 5.74) is 4.78. The number of rotatable bonds is 17. The van der Waals surface area contributed by atoms with Gasteiger partial charge in [-0.25, -0.2) is 0 Å². The number of cyclic esters (lactones) is 1. The second-order valence-corrected chi connectivity index (χ2v) is 15.0. The van der Waals surface area contributed by atoms with E-state index in [0.717, 1.165) is 27.8 Å². The fourth-order valence-corrected chi connectivity index (χ4v) is 8.16. The topological polar surface area (TPSA) is 92.7 Å². The monoisotopic (exact) mass is 812 g/mol. The molecule has 8 nitrogen and oxygen atoms in total. The van der Waals surface area contributed by atoms with Crippen LogP contribution in [0.5, 0.6) is 23.0 Å². The van der Waals surface area contributed by atoms with E-state index in [1.165, 1.54) is 0 Å². The highest BCUT2D eigenvalue weighted by molar-refractivity contribution is 5.77. The van der Waals surface area contributed by atoms with Crippen LogP contribution in [0.3, 0.4) is 0 Å². The number of hydrogen-bond acceptors (Lipinski definition) is 8. The minimum absolute atomic E-state index is 0.0147. The molecule has 7 aromatic rings. The van der Waals surface area contributed by atoms with E-state index in [9.17, 15) is 9.90 Å². The van der Waals surface area contributed by atoms with Crippen LogP contribution in [0.4, 0.5) is 0 Å². The molecule has 1 saturated heterocycles. The molecule has 8 rings (SSSR count). The molecule has 8 heteroatoms. The molecule has 7 aromatic carbocycles. The van der Waals surface area contributed by atoms with Crippen LogP contribution in [0.25, 0.3) is 0 Å². The molecule has 1 fully saturated rings. The van der Waals surface area contributed by atoms with Crippen LogP contribution >= 0.6 is 0 Å². The molecule has 0 saturated carbocycles. The fourth-order valence-electron chi connectivity index (χ4n) is 8.16. The van der Waals surface area contributed by atoms with Crippen molar-refractivity contribution in [2.24, 2.45) is 11.8 Å². The minimum Gasteiger partial charge on any atom is -0.493 e. The van der Waals surface area contributed by atoms with Crippen molar-refractivity contribution in [2.75, 3.05) is 20.8 Å². The average molecular weight is 813 g/mol. The van der Waals surface area contributed by atoms with Crippen molar-refractivity contribution in [2.45, 2.75) is 31.0 Å². The number of aliphatic hydroxyl groups excluding tert-OH is 1. The third-order valence-corrected chi connectivity index (χ3v) is 11.3. The average Bonchev–Trinajstić information content (AvgIpc) is 3.66. The van der Waals surface area contributed by atoms with E-state index in [1.54, 1.807) is 32.4 Å². The lowest BCUT2D eigenvalue weighted by atomic mass is 9.78. The van der Waals surface area contributed by atoms with E-state index in [-0.39, 0.29) is 6.61 Å². The van der Waals surface area contributed by atoms with E-state index < -0.39 is 35.6 Å². The lowest BCUT2D eigenvalue weighted by Crippen LogP contribution is -2.37. The summed E-state index contributed by atoms with van der Waals surface area (Å²) in [5.74, 6) is -0.311. The van der Waals surface area contributed by atoms with Crippen molar-refractivity contribution in [3.8, 4) is 23.0 Å². The van der Waals surface area contributed by atoms with Crippen molar-refractivity contribution in [3.63, 3.8) is 0 Å². The maximum atomic E-state index is 14.3. The predicted molar refractivity (Wildman–Crippen MR) is 233 cm³/mol. The Hall–Kier alpha value is -6.87. The van der Waals surface area contributed by atoms with Gasteiger partial charge in [-0.3, -0.25) is 4.79 Å². The standard InChI is InChI=1S/C53H48O8/c1-56-47-32-39(28-30-45(47)58-34-37-18-8-3-9-19-37)50(54)49-44(51(61-52(49)55)40-29-31-46(48(33-40)57-2)59-35-38-20-10-4-11-21-38)36-60-53(41-22-12-5-13-23-41,42-24-14-6-15-25-42)43-26-16-7-17-27-43/h3-33,44,49-51,54H,34-36H2,1-2H3/t44-,49-,50?,51-/m1/s1. The van der Waals surface area contributed by atoms with E-state index >= 15 is 0 Å². The highest BCUT2D eigenvalue weighted by atomic mass is 16.6. The van der Waals surface area contributed by atoms with Crippen LogP contribution in [0.15, 0.2) is 188 Å². The molecule has 61 heavy (non-hydrogen) atoms. The van der Waals surface area contributed by atoms with Crippen LogP contribution in [0, 0.1) is 11.8 Å². The molecule has 1 aliphatic rings. The second-order valence-electron chi connectivity index (χ2n) is 15.0. The molecule has 0 spiro atoms. The van der Waals surface area contributed by atoms with Gasteiger partial charge in [0.2, 0.25) is 0 Å². The first-order valence-corrected chi connectivity index (χ1v) is 20.4. The van der Waals surface area contributed by atoms with Gasteiger partial charge in [0.05, 0.1) is 32.8 Å². The molecular weight excluding hydrogens is 765 g/mol. The number of carbonyl (C=O) groups excluding carboxylic acids is 1. The van der Waals surface area contributed by atoms with Gasteiger partial charge in [0.1, 0.15) is 24.9 Å². The van der Waals surface area contributed by atoms with Gasteiger partial charge in [-0.2, -0.15) is 0 Å². The number of carbonyl (C=O) groups is 1. The van der Waals surface area contributed by atoms with Crippen LogP contribution in [-0.4, -0.2) is 31.9 Å². The summed E-state index contributed by atoms with van der Waals surface area (Å²) >= 11 is 0. The normalized spacial score (nSPS) is 16.6. The Labute approximate surface area is 356 Å². The van der Waals surface area contributed by atoms with Crippen molar-refractivity contribution in [1.82, 2.24) is 0 Å². The first kappa shape index (κ1) is 40.9. The highest BCUT2D eigenvalue weighted by Gasteiger charge is 2.51. The van der Waals surface area contributed by atoms with Gasteiger partial charge >= 0.3 is 5.97 Å². The largest absolute Gasteiger partial charge is 0.493 e. The third kappa shape index (κ3) is 8.87. The summed E-state index contributed by atoms with van der Waals surface area (Å²) in [5, 5.41) is 12.4. The maximum absolute atomic E-state index is 14.3. The molecule has 308 valence electrons. The van der Waals surface area contributed by atoms with E-state index in [0.29, 0.717) is 47.3 Å². The Morgan fingerprint density at radius 3 is 1.48 bits per heavy atom. The number of benzene rings is 7. The Morgan fingerprint density at radius 2 is 1.00 bits per heavy atom. The molecule has 1 N–H and O–H groups in total. The van der Waals surface area contributed by atoms with E-state index in [1.807, 2.05) is 170 Å². The molecule has 0 amide bonds. The zero-order chi connectivity index (χ0) is 42.0. The van der Waals surface area contributed by atoms with Gasteiger partial charge < -0.3 is 33.5 Å². The lowest BCUT2D eigenvalue weighted by Gasteiger charge is -2.38. The SMILES string of the molecule is COc1cc(C(O)[C@@H]2C(=O)O[C@H](c3ccc(OCc4ccccc4)c(OC)c3)[C@@H]2COC(c2ccccc2)(c2ccccc2)c2ccccc2)ccc1OCc1ccccc1. The van der Waals surface area contributed by atoms with E-state index in [2.05, 4.69) is 0 Å². The van der Waals surface area contributed by atoms with Gasteiger partial charge in [-0.1, -0.05) is 164 Å². The van der Waals surface area contributed by atoms with Crippen molar-refractivity contribution in [3.05, 3.63) is 227 Å². The number of ether oxygens (including phenoxy) is 6. The van der Waals surface area contributed by atoms with Gasteiger partial charge in [0.25, 0.3) is 0 Å². The van der Waals surface area contributed by atoms with E-state index in [4.69, 9.17) is 28.4 Å². The number of hydrogen-bond donors (Lipinski definition) is 1. The molecule has 1 aliphatic heterocycles. The summed E-state index contributed by atoms with van der Waals surface area (Å²) < 4.78 is 37.6. The number of esters is 1. The molecule has 1 heterocycles. The van der Waals surface area contributed by atoms with Gasteiger partial charge in [0.15, 0.2) is 23.0 Å². The smallest absolute Gasteiger partial charge is 0.313 e. The van der Waals surface area contributed by atoms with Crippen molar-refractivity contribution in [1.29, 1.82) is 0 Å². The van der Waals surface area contributed by atoms with Crippen LogP contribution in [0.1, 0.15) is 51.2 Å². The zero-order valence-corrected chi connectivity index (χ0v) is 34.1. The predicted octanol–water partition coefficient (Wildman–Crippen LogP) is 10.4. The van der Waals surface area contributed by atoms with Crippen molar-refractivity contribution < 1.29 is 38.3 Å². The number of aliphatic hydroxyl groups is 1. The Balaban J connectivity index is 1.17. The fraction of sp³-hybridized carbons (Fsp3) is 0.189. The summed E-state index contributed by atoms with van der Waals surface area (Å²) in [6, 6.07) is 60.7. The van der Waals surface area contributed by atoms with Crippen LogP contribution < -0.4 is 18.9 Å². The highest BCUT2D eigenvalue weighted by Crippen LogP contribution is 2.49. The Kier molecular flexibility index (Phi) is 12.7. The summed E-state index contributed by atoms with van der Waals surface area (Å²) in [4.78, 5) is 14.3. The maximum Gasteiger partial charge on any atom is 0.313 e. The molecule has 4 atom stereocenters. The van der Waals surface area contributed by atoms with Crippen molar-refractivity contribution >= 4 is 5.97 Å². The first-order chi connectivity index (χ1) is 30.0. The van der Waals surface area contributed by atoms with Gasteiger partial charge in [-0.15, -0.1) is 0 Å². The second kappa shape index (κ2) is 19.0. The summed E-state index contributed by atoms with van der Waals surface area (Å²) in [7, 11) is 3.13. The van der Waals surface area contributed by atoms with Crippen LogP contribution in [-0.2, 0) is 33.1 Å². The molecular formula is C53H48O8. The molecule has 0 bridgehead atoms. The molecule has 0 aliphatic carbocycles. The zero-order valence-electron chi connectivity index (χ0n) is 34.1. The molecule has 0 aromatic heterocycles. The van der Waals surface area contributed by atoms with Gasteiger partial charge in [-0.05, 0) is 63.2 Å². The lowest BCUT2D eigenvalue weighted by molar-refractivity contribution is -0.147. The minimum atomic E-state index is -1.29. The summed E-state index contributed by atoms with van der Waals surface area (Å²) in [6.45, 7) is 0.696. The van der Waals surface area contributed by atoms with Crippen LogP contribution in [0.2, 0.25) is 0 Å². The number of methoxy groups -OCH3 is 2.